The van der Waals surface area contributed by atoms with E-state index in [1.165, 1.54) is 19.3 Å². The number of ether oxygens (including phenoxy) is 2. The Balaban J connectivity index is 1.92. The smallest absolute Gasteiger partial charge is 0.124 e. The third-order valence-corrected chi connectivity index (χ3v) is 4.33. The van der Waals surface area contributed by atoms with Gasteiger partial charge in [-0.1, -0.05) is 44.4 Å². The van der Waals surface area contributed by atoms with E-state index in [1.54, 1.807) is 7.11 Å². The van der Waals surface area contributed by atoms with Gasteiger partial charge in [0.05, 0.1) is 19.8 Å². The number of aliphatic hydroxyl groups is 1. The van der Waals surface area contributed by atoms with Crippen molar-refractivity contribution in [3.63, 3.8) is 0 Å². The van der Waals surface area contributed by atoms with E-state index in [2.05, 4.69) is 6.92 Å². The lowest BCUT2D eigenvalue weighted by Gasteiger charge is -2.31. The molecule has 2 rings (SSSR count). The molecule has 0 saturated heterocycles. The van der Waals surface area contributed by atoms with E-state index >= 15 is 0 Å². The molecule has 0 aromatic heterocycles. The van der Waals surface area contributed by atoms with Crippen LogP contribution in [0.15, 0.2) is 24.3 Å². The molecule has 112 valence electrons. The molecule has 1 aliphatic carbocycles. The van der Waals surface area contributed by atoms with Gasteiger partial charge in [-0.05, 0) is 24.8 Å². The van der Waals surface area contributed by atoms with Crippen LogP contribution in [0, 0.1) is 5.92 Å². The molecule has 3 heteroatoms. The molecule has 1 aliphatic rings. The average molecular weight is 278 g/mol. The first-order valence-corrected chi connectivity index (χ1v) is 7.68. The van der Waals surface area contributed by atoms with Gasteiger partial charge < -0.3 is 14.6 Å². The van der Waals surface area contributed by atoms with Crippen molar-refractivity contribution in [2.75, 3.05) is 13.7 Å². The lowest BCUT2D eigenvalue weighted by atomic mass is 9.85. The van der Waals surface area contributed by atoms with Crippen LogP contribution in [0.2, 0.25) is 0 Å². The molecule has 1 aromatic carbocycles. The van der Waals surface area contributed by atoms with E-state index in [0.717, 1.165) is 24.2 Å². The zero-order valence-electron chi connectivity index (χ0n) is 12.5. The van der Waals surface area contributed by atoms with Gasteiger partial charge in [0.25, 0.3) is 0 Å². The van der Waals surface area contributed by atoms with Crippen LogP contribution in [-0.2, 0) is 4.74 Å². The van der Waals surface area contributed by atoms with Crippen molar-refractivity contribution < 1.29 is 14.6 Å². The van der Waals surface area contributed by atoms with Crippen LogP contribution >= 0.6 is 0 Å². The van der Waals surface area contributed by atoms with Crippen LogP contribution in [0.4, 0.5) is 0 Å². The molecule has 1 saturated carbocycles. The molecule has 3 nitrogen and oxygen atoms in total. The van der Waals surface area contributed by atoms with Crippen molar-refractivity contribution in [2.24, 2.45) is 5.92 Å². The second-order valence-electron chi connectivity index (χ2n) is 5.58. The van der Waals surface area contributed by atoms with Crippen molar-refractivity contribution in [3.05, 3.63) is 29.8 Å². The summed E-state index contributed by atoms with van der Waals surface area (Å²) in [5.41, 5.74) is 0.804. The van der Waals surface area contributed by atoms with Gasteiger partial charge in [-0.25, -0.2) is 0 Å². The van der Waals surface area contributed by atoms with Gasteiger partial charge in [0, 0.05) is 5.56 Å². The van der Waals surface area contributed by atoms with Crippen LogP contribution in [0.5, 0.6) is 5.75 Å². The predicted molar refractivity (Wildman–Crippen MR) is 79.9 cm³/mol. The van der Waals surface area contributed by atoms with E-state index in [-0.39, 0.29) is 0 Å². The zero-order chi connectivity index (χ0) is 14.4. The van der Waals surface area contributed by atoms with E-state index in [9.17, 15) is 5.11 Å². The monoisotopic (exact) mass is 278 g/mol. The van der Waals surface area contributed by atoms with Gasteiger partial charge in [-0.15, -0.1) is 0 Å². The number of hydrogen-bond donors (Lipinski definition) is 1. The van der Waals surface area contributed by atoms with Gasteiger partial charge in [0.1, 0.15) is 11.9 Å². The first-order valence-electron chi connectivity index (χ1n) is 7.68. The van der Waals surface area contributed by atoms with Gasteiger partial charge in [-0.3, -0.25) is 0 Å². The Labute approximate surface area is 121 Å². The third-order valence-electron chi connectivity index (χ3n) is 4.33. The molecule has 0 heterocycles. The van der Waals surface area contributed by atoms with E-state index < -0.39 is 6.10 Å². The molecule has 3 unspecified atom stereocenters. The summed E-state index contributed by atoms with van der Waals surface area (Å²) in [6.45, 7) is 2.57. The fourth-order valence-electron chi connectivity index (χ4n) is 3.11. The summed E-state index contributed by atoms with van der Waals surface area (Å²) in [4.78, 5) is 0. The van der Waals surface area contributed by atoms with E-state index in [1.807, 2.05) is 24.3 Å². The lowest BCUT2D eigenvalue weighted by Crippen LogP contribution is -2.29. The second-order valence-corrected chi connectivity index (χ2v) is 5.58. The average Bonchev–Trinajstić information content (AvgIpc) is 2.52. The Morgan fingerprint density at radius 2 is 2.00 bits per heavy atom. The second kappa shape index (κ2) is 7.65. The van der Waals surface area contributed by atoms with Crippen molar-refractivity contribution in [1.29, 1.82) is 0 Å². The fraction of sp³-hybridized carbons (Fsp3) is 0.647. The molecule has 1 fully saturated rings. The van der Waals surface area contributed by atoms with Crippen LogP contribution < -0.4 is 4.74 Å². The van der Waals surface area contributed by atoms with Crippen molar-refractivity contribution >= 4 is 0 Å². The topological polar surface area (TPSA) is 38.7 Å². The molecule has 0 amide bonds. The highest BCUT2D eigenvalue weighted by Crippen LogP contribution is 2.31. The summed E-state index contributed by atoms with van der Waals surface area (Å²) in [6.07, 6.45) is 5.78. The molecule has 1 N–H and O–H groups in total. The summed E-state index contributed by atoms with van der Waals surface area (Å²) >= 11 is 0. The molecule has 0 spiro atoms. The number of aliphatic hydroxyl groups excluding tert-OH is 1. The van der Waals surface area contributed by atoms with Crippen molar-refractivity contribution in [2.45, 2.75) is 51.2 Å². The number of para-hydroxylation sites is 1. The minimum Gasteiger partial charge on any atom is -0.496 e. The maximum Gasteiger partial charge on any atom is 0.124 e. The Hall–Kier alpha value is -1.06. The Kier molecular flexibility index (Phi) is 5.86. The highest BCUT2D eigenvalue weighted by atomic mass is 16.5. The number of rotatable bonds is 6. The van der Waals surface area contributed by atoms with E-state index in [0.29, 0.717) is 18.6 Å². The standard InChI is InChI=1S/C17H26O3/c1-3-13-8-4-6-10-16(13)20-12-15(18)14-9-5-7-11-17(14)19-2/h5,7,9,11,13,15-16,18H,3-4,6,8,10,12H2,1-2H3. The van der Waals surface area contributed by atoms with Crippen molar-refractivity contribution in [1.82, 2.24) is 0 Å². The lowest BCUT2D eigenvalue weighted by molar-refractivity contribution is -0.0518. The number of benzene rings is 1. The predicted octanol–water partition coefficient (Wildman–Crippen LogP) is 3.71. The van der Waals surface area contributed by atoms with Crippen LogP contribution in [-0.4, -0.2) is 24.9 Å². The zero-order valence-corrected chi connectivity index (χ0v) is 12.5. The summed E-state index contributed by atoms with van der Waals surface area (Å²) < 4.78 is 11.3. The van der Waals surface area contributed by atoms with Crippen LogP contribution in [0.25, 0.3) is 0 Å². The van der Waals surface area contributed by atoms with Crippen LogP contribution in [0.1, 0.15) is 50.7 Å². The molecule has 0 aliphatic heterocycles. The fourth-order valence-corrected chi connectivity index (χ4v) is 3.11. The van der Waals surface area contributed by atoms with Gasteiger partial charge in [-0.2, -0.15) is 0 Å². The van der Waals surface area contributed by atoms with Gasteiger partial charge >= 0.3 is 0 Å². The first kappa shape index (κ1) is 15.3. The van der Waals surface area contributed by atoms with Gasteiger partial charge in [0.15, 0.2) is 0 Å². The van der Waals surface area contributed by atoms with Gasteiger partial charge in [0.2, 0.25) is 0 Å². The normalized spacial score (nSPS) is 24.4. The highest BCUT2D eigenvalue weighted by Gasteiger charge is 2.25. The molecular weight excluding hydrogens is 252 g/mol. The first-order chi connectivity index (χ1) is 9.76. The maximum absolute atomic E-state index is 10.3. The Morgan fingerprint density at radius 1 is 1.25 bits per heavy atom. The van der Waals surface area contributed by atoms with Crippen molar-refractivity contribution in [3.8, 4) is 5.75 Å². The summed E-state index contributed by atoms with van der Waals surface area (Å²) in [5, 5.41) is 10.3. The molecule has 3 atom stereocenters. The molecule has 1 aromatic rings. The summed E-state index contributed by atoms with van der Waals surface area (Å²) in [5.74, 6) is 1.37. The summed E-state index contributed by atoms with van der Waals surface area (Å²) in [6, 6.07) is 7.58. The maximum atomic E-state index is 10.3. The number of methoxy groups -OCH3 is 1. The molecule has 0 radical (unpaired) electrons. The Morgan fingerprint density at radius 3 is 2.75 bits per heavy atom. The minimum atomic E-state index is -0.620. The Bertz CT molecular complexity index is 405. The third kappa shape index (κ3) is 3.74. The quantitative estimate of drug-likeness (QED) is 0.862. The largest absolute Gasteiger partial charge is 0.496 e. The summed E-state index contributed by atoms with van der Waals surface area (Å²) in [7, 11) is 1.63. The highest BCUT2D eigenvalue weighted by molar-refractivity contribution is 5.34. The van der Waals surface area contributed by atoms with Crippen LogP contribution in [0.3, 0.4) is 0 Å². The van der Waals surface area contributed by atoms with E-state index in [4.69, 9.17) is 9.47 Å². The minimum absolute atomic E-state index is 0.304. The number of hydrogen-bond acceptors (Lipinski definition) is 3. The molecule has 0 bridgehead atoms. The molecular formula is C17H26O3. The molecule has 20 heavy (non-hydrogen) atoms. The SMILES string of the molecule is CCC1CCCCC1OCC(O)c1ccccc1OC.